The normalized spacial score (nSPS) is 14.6. The van der Waals surface area contributed by atoms with Gasteiger partial charge in [0.05, 0.1) is 18.8 Å². The number of imidazole rings is 1. The molecule has 0 aliphatic rings. The summed E-state index contributed by atoms with van der Waals surface area (Å²) in [5, 5.41) is 72.6. The third-order valence-electron chi connectivity index (χ3n) is 13.8. The Morgan fingerprint density at radius 2 is 0.787 bits per heavy atom. The van der Waals surface area contributed by atoms with Crippen molar-refractivity contribution in [1.29, 1.82) is 0 Å². The SMILES string of the molecule is CC(C)C[C@H](NC(=O)[C@H](CC(=O)O)NC(=O)[C@@H](NC(=O)[C@@H](N)CS)C(C)C)C(=O)N[C@@H](Cc1ccc(O)cc1)C(=O)N[C@@H](Cc1cnc[nH]1)C(=O)N[C@@H](Cc1ccc(O)cc1)C(=O)N[C@H](C(=O)N[C@@H](Cc1ccc(O)cc1)C(=O)N[C@@H](CS)C(=O)O)C(C)C. The van der Waals surface area contributed by atoms with Gasteiger partial charge in [-0.3, -0.25) is 47.9 Å². The fourth-order valence-electron chi connectivity index (χ4n) is 8.88. The fourth-order valence-corrected chi connectivity index (χ4v) is 9.29. The Labute approximate surface area is 524 Å². The van der Waals surface area contributed by atoms with Gasteiger partial charge in [0, 0.05) is 49.1 Å². The van der Waals surface area contributed by atoms with E-state index < -0.39 is 144 Å². The Bertz CT molecular complexity index is 3060. The number of benzene rings is 3. The van der Waals surface area contributed by atoms with Crippen molar-refractivity contribution in [3.8, 4) is 17.2 Å². The number of carboxylic acid groups (broad SMARTS) is 2. The minimum absolute atomic E-state index is 0.0633. The highest BCUT2D eigenvalue weighted by molar-refractivity contribution is 7.80. The van der Waals surface area contributed by atoms with Crippen LogP contribution in [0.15, 0.2) is 85.3 Å². The number of hydrogen-bond acceptors (Lipinski definition) is 18. The molecule has 30 heteroatoms. The number of phenols is 3. The summed E-state index contributed by atoms with van der Waals surface area (Å²) in [6, 6.07) is 2.14. The third-order valence-corrected chi connectivity index (χ3v) is 14.6. The number of aromatic hydroxyl groups is 3. The molecule has 0 unspecified atom stereocenters. The van der Waals surface area contributed by atoms with Crippen molar-refractivity contribution in [2.75, 3.05) is 11.5 Å². The average Bonchev–Trinajstić information content (AvgIpc) is 2.87. The Morgan fingerprint density at radius 3 is 1.13 bits per heavy atom. The van der Waals surface area contributed by atoms with Gasteiger partial charge in [0.1, 0.15) is 71.6 Å². The fraction of sp³-hybridized carbons (Fsp3) is 0.458. The Kier molecular flexibility index (Phi) is 28.7. The van der Waals surface area contributed by atoms with Crippen molar-refractivity contribution in [3.05, 3.63) is 108 Å². The van der Waals surface area contributed by atoms with Gasteiger partial charge in [0.2, 0.25) is 53.2 Å². The maximum atomic E-state index is 14.8. The van der Waals surface area contributed by atoms with E-state index in [1.807, 2.05) is 0 Å². The number of thiol groups is 2. The summed E-state index contributed by atoms with van der Waals surface area (Å²) in [5.41, 5.74) is 7.34. The second-order valence-corrected chi connectivity index (χ2v) is 23.0. The lowest BCUT2D eigenvalue weighted by molar-refractivity contribution is -0.142. The largest absolute Gasteiger partial charge is 0.508 e. The highest BCUT2D eigenvalue weighted by atomic mass is 32.1. The van der Waals surface area contributed by atoms with E-state index in [4.69, 9.17) is 5.73 Å². The zero-order valence-corrected chi connectivity index (χ0v) is 51.7. The number of phenolic OH excluding ortho intramolecular Hbond substituents is 3. The van der Waals surface area contributed by atoms with Crippen LogP contribution in [0, 0.1) is 17.8 Å². The zero-order valence-electron chi connectivity index (χ0n) is 49.9. The van der Waals surface area contributed by atoms with Crippen molar-refractivity contribution in [2.24, 2.45) is 23.5 Å². The molecular weight excluding hydrogens is 1200 g/mol. The van der Waals surface area contributed by atoms with Gasteiger partial charge in [-0.25, -0.2) is 9.78 Å². The van der Waals surface area contributed by atoms with Crippen molar-refractivity contribution in [2.45, 2.75) is 140 Å². The summed E-state index contributed by atoms with van der Waals surface area (Å²) in [6.45, 7) is 9.78. The molecule has 1 heterocycles. The number of nitrogens with zero attached hydrogens (tertiary/aromatic N) is 1. The number of nitrogens with one attached hydrogen (secondary N) is 10. The van der Waals surface area contributed by atoms with Crippen LogP contribution in [0.4, 0.5) is 0 Å². The molecule has 0 radical (unpaired) electrons. The van der Waals surface area contributed by atoms with Gasteiger partial charge in [-0.05, 0) is 77.3 Å². The van der Waals surface area contributed by atoms with Gasteiger partial charge >= 0.3 is 11.9 Å². The van der Waals surface area contributed by atoms with Gasteiger partial charge in [-0.15, -0.1) is 0 Å². The number of hydrogen-bond donors (Lipinski definition) is 18. The van der Waals surface area contributed by atoms with Gasteiger partial charge < -0.3 is 84.1 Å². The molecule has 3 aromatic carbocycles. The maximum Gasteiger partial charge on any atom is 0.327 e. The number of aromatic nitrogens is 2. The minimum atomic E-state index is -1.79. The van der Waals surface area contributed by atoms with Crippen LogP contribution in [0.2, 0.25) is 0 Å². The topological polar surface area (TPSA) is 452 Å². The number of rotatable bonds is 35. The second kappa shape index (κ2) is 35.2. The molecule has 4 aromatic rings. The lowest BCUT2D eigenvalue weighted by Crippen LogP contribution is -2.62. The number of H-pyrrole nitrogens is 1. The molecule has 0 saturated heterocycles. The second-order valence-electron chi connectivity index (χ2n) is 22.3. The Balaban J connectivity index is 1.69. The number of aliphatic carboxylic acids is 2. The molecule has 17 N–H and O–H groups in total. The third kappa shape index (κ3) is 24.0. The van der Waals surface area contributed by atoms with E-state index in [1.165, 1.54) is 85.3 Å². The van der Waals surface area contributed by atoms with E-state index in [2.05, 4.69) is 83.1 Å². The van der Waals surface area contributed by atoms with E-state index in [1.54, 1.807) is 41.5 Å². The standard InChI is InChI=1S/C59H80N12O16S2/c1-29(2)19-40(63-55(82)45(24-47(75)76)68-57(84)48(30(3)4)70-50(77)39(60)26-88)51(78)64-41(20-32-7-13-36(72)14-8-32)52(79)66-44(23-35-25-61-28-62-35)54(81)65-43(22-34-11-17-38(74)18-12-34)56(83)71-49(31(5)6)58(85)67-42(21-33-9-15-37(73)16-10-33)53(80)69-46(27-89)59(86)87/h7-18,25,28-31,39-46,48-49,72-74,88-89H,19-24,26-27,60H2,1-6H3,(H,61,62)(H,63,82)(H,64,78)(H,65,81)(H,66,79)(H,67,85)(H,68,84)(H,69,80)(H,70,77)(H,71,83)(H,75,76)(H,86,87)/t39-,40-,41-,42-,43-,44-,45-,46-,48-,49-/m0/s1. The molecule has 0 spiro atoms. The monoisotopic (exact) mass is 1280 g/mol. The molecule has 484 valence electrons. The predicted octanol–water partition coefficient (Wildman–Crippen LogP) is -0.735. The van der Waals surface area contributed by atoms with Crippen LogP contribution in [0.1, 0.15) is 76.8 Å². The molecule has 0 fully saturated rings. The molecule has 0 aliphatic heterocycles. The molecule has 89 heavy (non-hydrogen) atoms. The first-order valence-corrected chi connectivity index (χ1v) is 29.7. The number of amides is 9. The van der Waals surface area contributed by atoms with Crippen LogP contribution in [0.3, 0.4) is 0 Å². The van der Waals surface area contributed by atoms with Crippen molar-refractivity contribution >= 4 is 90.4 Å². The van der Waals surface area contributed by atoms with Gasteiger partial charge in [0.15, 0.2) is 0 Å². The highest BCUT2D eigenvalue weighted by Crippen LogP contribution is 2.18. The van der Waals surface area contributed by atoms with Crippen LogP contribution in [-0.4, -0.2) is 173 Å². The highest BCUT2D eigenvalue weighted by Gasteiger charge is 2.38. The van der Waals surface area contributed by atoms with Crippen molar-refractivity contribution < 1.29 is 78.3 Å². The van der Waals surface area contributed by atoms with Crippen LogP contribution in [0.5, 0.6) is 17.2 Å². The summed E-state index contributed by atoms with van der Waals surface area (Å²) in [7, 11) is 0. The molecule has 0 aliphatic carbocycles. The van der Waals surface area contributed by atoms with Crippen LogP contribution < -0.4 is 53.6 Å². The Morgan fingerprint density at radius 1 is 0.449 bits per heavy atom. The number of carbonyl (C=O) groups excluding carboxylic acids is 9. The van der Waals surface area contributed by atoms with E-state index in [-0.39, 0.29) is 66.8 Å². The molecule has 0 saturated carbocycles. The number of aromatic amines is 1. The predicted molar refractivity (Wildman–Crippen MR) is 330 cm³/mol. The van der Waals surface area contributed by atoms with Crippen LogP contribution in [-0.2, 0) is 78.4 Å². The molecular formula is C59H80N12O16S2. The lowest BCUT2D eigenvalue weighted by Gasteiger charge is -2.29. The number of carbonyl (C=O) groups is 11. The number of nitrogens with two attached hydrogens (primary N) is 1. The molecule has 9 amide bonds. The Hall–Kier alpha value is -8.90. The van der Waals surface area contributed by atoms with Crippen molar-refractivity contribution in [1.82, 2.24) is 57.8 Å². The van der Waals surface area contributed by atoms with E-state index >= 15 is 0 Å². The van der Waals surface area contributed by atoms with Crippen LogP contribution >= 0.6 is 25.3 Å². The zero-order chi connectivity index (χ0) is 66.2. The van der Waals surface area contributed by atoms with Crippen molar-refractivity contribution in [3.63, 3.8) is 0 Å². The molecule has 10 atom stereocenters. The summed E-state index contributed by atoms with van der Waals surface area (Å²) in [4.78, 5) is 158. The van der Waals surface area contributed by atoms with E-state index in [0.29, 0.717) is 22.4 Å². The molecule has 28 nitrogen and oxygen atoms in total. The summed E-state index contributed by atoms with van der Waals surface area (Å²) in [6.07, 6.45) is 0.528. The van der Waals surface area contributed by atoms with E-state index in [9.17, 15) is 78.3 Å². The smallest absolute Gasteiger partial charge is 0.327 e. The quantitative estimate of drug-likeness (QED) is 0.0252. The van der Waals surface area contributed by atoms with Gasteiger partial charge in [0.25, 0.3) is 0 Å². The lowest BCUT2D eigenvalue weighted by atomic mass is 9.99. The first-order chi connectivity index (χ1) is 42.0. The number of carboxylic acids is 2. The molecule has 1 aromatic heterocycles. The molecule has 0 bridgehead atoms. The van der Waals surface area contributed by atoms with Crippen LogP contribution in [0.25, 0.3) is 0 Å². The van der Waals surface area contributed by atoms with Gasteiger partial charge in [-0.2, -0.15) is 25.3 Å². The minimum Gasteiger partial charge on any atom is -0.508 e. The maximum absolute atomic E-state index is 14.8. The van der Waals surface area contributed by atoms with Gasteiger partial charge in [-0.1, -0.05) is 77.9 Å². The average molecular weight is 1280 g/mol. The van der Waals surface area contributed by atoms with E-state index in [0.717, 1.165) is 0 Å². The first kappa shape index (κ1) is 72.6. The summed E-state index contributed by atoms with van der Waals surface area (Å²) < 4.78 is 0. The first-order valence-electron chi connectivity index (χ1n) is 28.4. The molecule has 4 rings (SSSR count). The summed E-state index contributed by atoms with van der Waals surface area (Å²) in [5.74, 6) is -13.7. The summed E-state index contributed by atoms with van der Waals surface area (Å²) >= 11 is 8.04.